The van der Waals surface area contributed by atoms with Gasteiger partial charge in [-0.25, -0.2) is 4.39 Å². The first-order valence-corrected chi connectivity index (χ1v) is 5.74. The summed E-state index contributed by atoms with van der Waals surface area (Å²) in [5, 5.41) is 9.58. The molecule has 0 aliphatic rings. The average Bonchev–Trinajstić information content (AvgIpc) is 2.35. The van der Waals surface area contributed by atoms with Gasteiger partial charge < -0.3 is 15.6 Å². The Kier molecular flexibility index (Phi) is 5.55. The zero-order valence-corrected chi connectivity index (χ0v) is 10.2. The summed E-state index contributed by atoms with van der Waals surface area (Å²) in [4.78, 5) is 0. The number of methoxy groups -OCH3 is 1. The van der Waals surface area contributed by atoms with Crippen molar-refractivity contribution in [1.82, 2.24) is 0 Å². The van der Waals surface area contributed by atoms with Gasteiger partial charge in [0.15, 0.2) is 0 Å². The first-order chi connectivity index (χ1) is 8.18. The first-order valence-electron chi connectivity index (χ1n) is 5.74. The minimum Gasteiger partial charge on any atom is -0.395 e. The minimum absolute atomic E-state index is 0.0866. The normalized spacial score (nSPS) is 14.6. The molecule has 1 unspecified atom stereocenters. The van der Waals surface area contributed by atoms with Crippen molar-refractivity contribution in [3.63, 3.8) is 0 Å². The monoisotopic (exact) mass is 241 g/mol. The van der Waals surface area contributed by atoms with Gasteiger partial charge in [0.05, 0.1) is 6.61 Å². The van der Waals surface area contributed by atoms with E-state index in [4.69, 9.17) is 10.5 Å². The topological polar surface area (TPSA) is 55.5 Å². The standard InChI is InChI=1S/C13H20FNO2/c1-17-7-3-6-13(9-15,10-16)11-4-2-5-12(14)8-11/h2,4-5,8,16H,3,6-7,9-10,15H2,1H3. The lowest BCUT2D eigenvalue weighted by atomic mass is 9.77. The molecule has 0 saturated carbocycles. The summed E-state index contributed by atoms with van der Waals surface area (Å²) in [5.41, 5.74) is 5.94. The second-order valence-electron chi connectivity index (χ2n) is 4.25. The maximum absolute atomic E-state index is 13.2. The van der Waals surface area contributed by atoms with Crippen LogP contribution in [0.25, 0.3) is 0 Å². The van der Waals surface area contributed by atoms with Gasteiger partial charge in [-0.1, -0.05) is 12.1 Å². The fourth-order valence-corrected chi connectivity index (χ4v) is 1.97. The number of aliphatic hydroxyl groups is 1. The van der Waals surface area contributed by atoms with Crippen LogP contribution < -0.4 is 5.73 Å². The zero-order valence-electron chi connectivity index (χ0n) is 10.2. The van der Waals surface area contributed by atoms with E-state index in [2.05, 4.69) is 0 Å². The minimum atomic E-state index is -0.569. The maximum Gasteiger partial charge on any atom is 0.123 e. The highest BCUT2D eigenvalue weighted by Crippen LogP contribution is 2.28. The van der Waals surface area contributed by atoms with E-state index in [0.717, 1.165) is 12.0 Å². The summed E-state index contributed by atoms with van der Waals surface area (Å²) in [5.74, 6) is -0.305. The Morgan fingerprint density at radius 3 is 2.76 bits per heavy atom. The van der Waals surface area contributed by atoms with Crippen molar-refractivity contribution in [3.05, 3.63) is 35.6 Å². The number of benzene rings is 1. The summed E-state index contributed by atoms with van der Waals surface area (Å²) in [7, 11) is 1.63. The summed E-state index contributed by atoms with van der Waals surface area (Å²) < 4.78 is 18.2. The smallest absolute Gasteiger partial charge is 0.123 e. The van der Waals surface area contributed by atoms with Gasteiger partial charge in [-0.3, -0.25) is 0 Å². The van der Waals surface area contributed by atoms with Crippen LogP contribution in [0.3, 0.4) is 0 Å². The summed E-state index contributed by atoms with van der Waals surface area (Å²) in [6.07, 6.45) is 1.46. The molecule has 3 N–H and O–H groups in total. The fraction of sp³-hybridized carbons (Fsp3) is 0.538. The molecule has 1 atom stereocenters. The second-order valence-corrected chi connectivity index (χ2v) is 4.25. The molecule has 0 amide bonds. The van der Waals surface area contributed by atoms with E-state index in [1.165, 1.54) is 12.1 Å². The van der Waals surface area contributed by atoms with E-state index in [9.17, 15) is 9.50 Å². The van der Waals surface area contributed by atoms with E-state index < -0.39 is 5.41 Å². The van der Waals surface area contributed by atoms with Gasteiger partial charge in [-0.05, 0) is 30.5 Å². The van der Waals surface area contributed by atoms with Gasteiger partial charge in [-0.2, -0.15) is 0 Å². The van der Waals surface area contributed by atoms with Gasteiger partial charge in [0.1, 0.15) is 5.82 Å². The number of nitrogens with two attached hydrogens (primary N) is 1. The average molecular weight is 241 g/mol. The van der Waals surface area contributed by atoms with Crippen LogP contribution in [-0.4, -0.2) is 32.0 Å². The summed E-state index contributed by atoms with van der Waals surface area (Å²) in [6.45, 7) is 0.810. The molecule has 96 valence electrons. The van der Waals surface area contributed by atoms with Crippen LogP contribution in [0.2, 0.25) is 0 Å². The van der Waals surface area contributed by atoms with E-state index in [1.807, 2.05) is 0 Å². The third kappa shape index (κ3) is 3.49. The van der Waals surface area contributed by atoms with Crippen molar-refractivity contribution in [2.45, 2.75) is 18.3 Å². The quantitative estimate of drug-likeness (QED) is 0.710. The van der Waals surface area contributed by atoms with Crippen LogP contribution in [0.1, 0.15) is 18.4 Å². The Balaban J connectivity index is 2.89. The van der Waals surface area contributed by atoms with Crippen molar-refractivity contribution in [1.29, 1.82) is 0 Å². The van der Waals surface area contributed by atoms with Gasteiger partial charge in [0, 0.05) is 25.7 Å². The molecule has 1 aromatic carbocycles. The molecule has 0 aliphatic heterocycles. The molecule has 17 heavy (non-hydrogen) atoms. The Morgan fingerprint density at radius 2 is 2.24 bits per heavy atom. The fourth-order valence-electron chi connectivity index (χ4n) is 1.97. The third-order valence-corrected chi connectivity index (χ3v) is 3.13. The van der Waals surface area contributed by atoms with Crippen molar-refractivity contribution < 1.29 is 14.2 Å². The van der Waals surface area contributed by atoms with Crippen molar-refractivity contribution in [2.75, 3.05) is 26.9 Å². The summed E-state index contributed by atoms with van der Waals surface area (Å²) in [6, 6.07) is 6.27. The lowest BCUT2D eigenvalue weighted by Crippen LogP contribution is -2.39. The molecule has 1 rings (SSSR count). The molecular formula is C13H20FNO2. The molecular weight excluding hydrogens is 221 g/mol. The van der Waals surface area contributed by atoms with Crippen LogP contribution in [0, 0.1) is 5.82 Å². The Labute approximate surface area is 101 Å². The molecule has 4 heteroatoms. The van der Waals surface area contributed by atoms with Crippen LogP contribution in [0.4, 0.5) is 4.39 Å². The van der Waals surface area contributed by atoms with Gasteiger partial charge in [0.25, 0.3) is 0 Å². The first kappa shape index (κ1) is 14.1. The predicted octanol–water partition coefficient (Wildman–Crippen LogP) is 1.44. The van der Waals surface area contributed by atoms with E-state index in [-0.39, 0.29) is 19.0 Å². The van der Waals surface area contributed by atoms with E-state index in [0.29, 0.717) is 13.0 Å². The predicted molar refractivity (Wildman–Crippen MR) is 65.3 cm³/mol. The van der Waals surface area contributed by atoms with E-state index >= 15 is 0 Å². The van der Waals surface area contributed by atoms with Crippen LogP contribution >= 0.6 is 0 Å². The maximum atomic E-state index is 13.2. The lowest BCUT2D eigenvalue weighted by Gasteiger charge is -2.31. The molecule has 0 heterocycles. The largest absolute Gasteiger partial charge is 0.395 e. The molecule has 3 nitrogen and oxygen atoms in total. The highest BCUT2D eigenvalue weighted by molar-refractivity contribution is 5.27. The van der Waals surface area contributed by atoms with E-state index in [1.54, 1.807) is 19.2 Å². The van der Waals surface area contributed by atoms with Gasteiger partial charge in [-0.15, -0.1) is 0 Å². The van der Waals surface area contributed by atoms with Gasteiger partial charge in [0.2, 0.25) is 0 Å². The number of halogens is 1. The molecule has 0 fully saturated rings. The number of rotatable bonds is 7. The van der Waals surface area contributed by atoms with Crippen LogP contribution in [0.5, 0.6) is 0 Å². The van der Waals surface area contributed by atoms with Crippen molar-refractivity contribution in [2.24, 2.45) is 5.73 Å². The molecule has 0 radical (unpaired) electrons. The number of hydrogen-bond acceptors (Lipinski definition) is 3. The Morgan fingerprint density at radius 1 is 1.47 bits per heavy atom. The SMILES string of the molecule is COCCCC(CN)(CO)c1cccc(F)c1. The highest BCUT2D eigenvalue weighted by atomic mass is 19.1. The summed E-state index contributed by atoms with van der Waals surface area (Å²) >= 11 is 0. The third-order valence-electron chi connectivity index (χ3n) is 3.13. The van der Waals surface area contributed by atoms with Crippen molar-refractivity contribution in [3.8, 4) is 0 Å². The molecule has 0 saturated heterocycles. The number of ether oxygens (including phenoxy) is 1. The highest BCUT2D eigenvalue weighted by Gasteiger charge is 2.29. The van der Waals surface area contributed by atoms with Crippen molar-refractivity contribution >= 4 is 0 Å². The molecule has 0 spiro atoms. The molecule has 0 bridgehead atoms. The Bertz CT molecular complexity index is 340. The molecule has 0 aromatic heterocycles. The number of aliphatic hydroxyl groups excluding tert-OH is 1. The molecule has 1 aromatic rings. The Hall–Kier alpha value is -0.970. The van der Waals surface area contributed by atoms with Crippen LogP contribution in [0.15, 0.2) is 24.3 Å². The van der Waals surface area contributed by atoms with Gasteiger partial charge >= 0.3 is 0 Å². The lowest BCUT2D eigenvalue weighted by molar-refractivity contribution is 0.153. The number of hydrogen-bond donors (Lipinski definition) is 2. The van der Waals surface area contributed by atoms with Crippen LogP contribution in [-0.2, 0) is 10.2 Å². The second kappa shape index (κ2) is 6.69. The zero-order chi connectivity index (χ0) is 12.7. The molecule has 0 aliphatic carbocycles.